The first kappa shape index (κ1) is 16.4. The minimum Gasteiger partial charge on any atom is -0.494 e. The van der Waals surface area contributed by atoms with Crippen molar-refractivity contribution in [3.05, 3.63) is 54.4 Å². The van der Waals surface area contributed by atoms with Crippen molar-refractivity contribution < 1.29 is 14.3 Å². The smallest absolute Gasteiger partial charge is 0.255 e. The predicted octanol–water partition coefficient (Wildman–Crippen LogP) is 2.32. The average molecular weight is 339 g/mol. The van der Waals surface area contributed by atoms with E-state index in [9.17, 15) is 4.79 Å². The number of ether oxygens (including phenoxy) is 2. The minimum absolute atomic E-state index is 0.270. The molecule has 8 nitrogen and oxygen atoms in total. The van der Waals surface area contributed by atoms with Crippen LogP contribution in [0.4, 0.5) is 5.69 Å². The van der Waals surface area contributed by atoms with Crippen LogP contribution < -0.4 is 14.8 Å². The van der Waals surface area contributed by atoms with Gasteiger partial charge < -0.3 is 14.8 Å². The highest BCUT2D eigenvalue weighted by Crippen LogP contribution is 2.26. The van der Waals surface area contributed by atoms with Gasteiger partial charge in [0.05, 0.1) is 19.4 Å². The van der Waals surface area contributed by atoms with Crippen LogP contribution in [-0.4, -0.2) is 39.8 Å². The molecule has 0 aliphatic heterocycles. The number of anilines is 1. The number of carbonyl (C=O) groups excluding carboxylic acids is 1. The predicted molar refractivity (Wildman–Crippen MR) is 91.3 cm³/mol. The Balaban J connectivity index is 1.86. The molecule has 3 rings (SSSR count). The molecule has 0 fully saturated rings. The van der Waals surface area contributed by atoms with Crippen molar-refractivity contribution in [2.75, 3.05) is 19.0 Å². The SMILES string of the molecule is CCOc1ccccc1NC(=O)c1ccc(-n2cnnn2)c(OC)c1. The first-order valence-electron chi connectivity index (χ1n) is 7.67. The van der Waals surface area contributed by atoms with Crippen molar-refractivity contribution in [1.82, 2.24) is 20.2 Å². The Labute approximate surface area is 144 Å². The summed E-state index contributed by atoms with van der Waals surface area (Å²) in [5.41, 5.74) is 1.69. The van der Waals surface area contributed by atoms with Crippen molar-refractivity contribution in [2.24, 2.45) is 0 Å². The van der Waals surface area contributed by atoms with Gasteiger partial charge in [-0.1, -0.05) is 12.1 Å². The molecule has 8 heteroatoms. The summed E-state index contributed by atoms with van der Waals surface area (Å²) in [5.74, 6) is 0.836. The molecule has 128 valence electrons. The number of rotatable bonds is 6. The van der Waals surface area contributed by atoms with E-state index >= 15 is 0 Å². The van der Waals surface area contributed by atoms with Crippen LogP contribution in [0.2, 0.25) is 0 Å². The van der Waals surface area contributed by atoms with E-state index in [1.165, 1.54) is 18.1 Å². The second kappa shape index (κ2) is 7.43. The highest BCUT2D eigenvalue weighted by Gasteiger charge is 2.14. The summed E-state index contributed by atoms with van der Waals surface area (Å²) < 4.78 is 12.3. The van der Waals surface area contributed by atoms with E-state index in [4.69, 9.17) is 9.47 Å². The van der Waals surface area contributed by atoms with Crippen LogP contribution in [0.1, 0.15) is 17.3 Å². The molecule has 0 bridgehead atoms. The fourth-order valence-electron chi connectivity index (χ4n) is 2.33. The number of aromatic nitrogens is 4. The van der Waals surface area contributed by atoms with Crippen LogP contribution in [0.25, 0.3) is 5.69 Å². The summed E-state index contributed by atoms with van der Waals surface area (Å²) in [4.78, 5) is 12.6. The molecule has 0 aliphatic carbocycles. The zero-order valence-corrected chi connectivity index (χ0v) is 13.8. The van der Waals surface area contributed by atoms with Crippen LogP contribution >= 0.6 is 0 Å². The molecule has 0 spiro atoms. The van der Waals surface area contributed by atoms with Crippen LogP contribution in [0, 0.1) is 0 Å². The molecule has 1 amide bonds. The third kappa shape index (κ3) is 3.57. The lowest BCUT2D eigenvalue weighted by Crippen LogP contribution is -2.13. The van der Waals surface area contributed by atoms with Gasteiger partial charge in [-0.2, -0.15) is 4.68 Å². The van der Waals surface area contributed by atoms with Gasteiger partial charge in [0, 0.05) is 5.56 Å². The van der Waals surface area contributed by atoms with Gasteiger partial charge in [0.2, 0.25) is 0 Å². The van der Waals surface area contributed by atoms with Crippen molar-refractivity contribution in [3.63, 3.8) is 0 Å². The van der Waals surface area contributed by atoms with Crippen molar-refractivity contribution in [2.45, 2.75) is 6.92 Å². The summed E-state index contributed by atoms with van der Waals surface area (Å²) in [5, 5.41) is 13.9. The molecule has 1 heterocycles. The number of tetrazole rings is 1. The molecular weight excluding hydrogens is 322 g/mol. The molecule has 25 heavy (non-hydrogen) atoms. The lowest BCUT2D eigenvalue weighted by atomic mass is 10.1. The Hall–Kier alpha value is -3.42. The topological polar surface area (TPSA) is 91.2 Å². The molecule has 0 atom stereocenters. The summed E-state index contributed by atoms with van der Waals surface area (Å²) in [7, 11) is 1.52. The molecule has 3 aromatic rings. The normalized spacial score (nSPS) is 10.3. The minimum atomic E-state index is -0.270. The summed E-state index contributed by atoms with van der Waals surface area (Å²) in [6.45, 7) is 2.41. The van der Waals surface area contributed by atoms with Gasteiger partial charge >= 0.3 is 0 Å². The maximum atomic E-state index is 12.6. The van der Waals surface area contributed by atoms with Crippen molar-refractivity contribution in [3.8, 4) is 17.2 Å². The number of para-hydroxylation sites is 2. The quantitative estimate of drug-likeness (QED) is 0.741. The second-order valence-corrected chi connectivity index (χ2v) is 5.02. The van der Waals surface area contributed by atoms with Gasteiger partial charge in [-0.3, -0.25) is 4.79 Å². The van der Waals surface area contributed by atoms with Crippen molar-refractivity contribution >= 4 is 11.6 Å². The average Bonchev–Trinajstić information content (AvgIpc) is 3.17. The van der Waals surface area contributed by atoms with Gasteiger partial charge in [-0.15, -0.1) is 5.10 Å². The zero-order chi connectivity index (χ0) is 17.6. The Morgan fingerprint density at radius 2 is 2.04 bits per heavy atom. The standard InChI is InChI=1S/C17H17N5O3/c1-3-25-15-7-5-4-6-13(15)19-17(23)12-8-9-14(16(10-12)24-2)22-11-18-20-21-22/h4-11H,3H2,1-2H3,(H,19,23). The number of methoxy groups -OCH3 is 1. The number of benzene rings is 2. The number of carbonyl (C=O) groups is 1. The second-order valence-electron chi connectivity index (χ2n) is 5.02. The number of hydrogen-bond donors (Lipinski definition) is 1. The largest absolute Gasteiger partial charge is 0.494 e. The fraction of sp³-hybridized carbons (Fsp3) is 0.176. The lowest BCUT2D eigenvalue weighted by Gasteiger charge is -2.13. The van der Waals surface area contributed by atoms with Crippen LogP contribution in [0.15, 0.2) is 48.8 Å². The van der Waals surface area contributed by atoms with E-state index in [0.717, 1.165) is 0 Å². The number of nitrogens with one attached hydrogen (secondary N) is 1. The van der Waals surface area contributed by atoms with E-state index in [1.54, 1.807) is 30.3 Å². The van der Waals surface area contributed by atoms with Gasteiger partial charge in [-0.05, 0) is 47.7 Å². The van der Waals surface area contributed by atoms with Gasteiger partial charge in [0.25, 0.3) is 5.91 Å². The molecule has 0 aliphatic rings. The maximum absolute atomic E-state index is 12.6. The molecule has 1 aromatic heterocycles. The highest BCUT2D eigenvalue weighted by atomic mass is 16.5. The third-order valence-corrected chi connectivity index (χ3v) is 3.47. The number of nitrogens with zero attached hydrogens (tertiary/aromatic N) is 4. The molecule has 0 saturated carbocycles. The van der Waals surface area contributed by atoms with E-state index in [0.29, 0.717) is 35.0 Å². The van der Waals surface area contributed by atoms with E-state index in [1.807, 2.05) is 19.1 Å². The first-order chi connectivity index (χ1) is 12.2. The Bertz CT molecular complexity index is 864. The van der Waals surface area contributed by atoms with Gasteiger partial charge in [-0.25, -0.2) is 0 Å². The molecule has 0 radical (unpaired) electrons. The molecule has 0 saturated heterocycles. The summed E-state index contributed by atoms with van der Waals surface area (Å²) in [6.07, 6.45) is 1.45. The summed E-state index contributed by atoms with van der Waals surface area (Å²) in [6, 6.07) is 12.3. The lowest BCUT2D eigenvalue weighted by molar-refractivity contribution is 0.102. The van der Waals surface area contributed by atoms with E-state index < -0.39 is 0 Å². The number of hydrogen-bond acceptors (Lipinski definition) is 6. The summed E-state index contributed by atoms with van der Waals surface area (Å²) >= 11 is 0. The van der Waals surface area contributed by atoms with Gasteiger partial charge in [0.1, 0.15) is 23.5 Å². The van der Waals surface area contributed by atoms with Crippen LogP contribution in [0.3, 0.4) is 0 Å². The van der Waals surface area contributed by atoms with Crippen LogP contribution in [0.5, 0.6) is 11.5 Å². The third-order valence-electron chi connectivity index (χ3n) is 3.47. The zero-order valence-electron chi connectivity index (χ0n) is 13.8. The first-order valence-corrected chi connectivity index (χ1v) is 7.67. The van der Waals surface area contributed by atoms with E-state index in [2.05, 4.69) is 20.8 Å². The molecule has 1 N–H and O–H groups in total. The van der Waals surface area contributed by atoms with E-state index in [-0.39, 0.29) is 5.91 Å². The Morgan fingerprint density at radius 3 is 2.76 bits per heavy atom. The highest BCUT2D eigenvalue weighted by molar-refractivity contribution is 6.05. The monoisotopic (exact) mass is 339 g/mol. The number of amides is 1. The van der Waals surface area contributed by atoms with Crippen molar-refractivity contribution in [1.29, 1.82) is 0 Å². The Morgan fingerprint density at radius 1 is 1.20 bits per heavy atom. The maximum Gasteiger partial charge on any atom is 0.255 e. The molecule has 0 unspecified atom stereocenters. The van der Waals surface area contributed by atoms with Crippen LogP contribution in [-0.2, 0) is 0 Å². The molecular formula is C17H17N5O3. The Kier molecular flexibility index (Phi) is 4.89. The van der Waals surface area contributed by atoms with Gasteiger partial charge in [0.15, 0.2) is 0 Å². The fourth-order valence-corrected chi connectivity index (χ4v) is 2.33. The molecule has 2 aromatic carbocycles.